The summed E-state index contributed by atoms with van der Waals surface area (Å²) >= 11 is 12.3. The number of nitrogens with zero attached hydrogens (tertiary/aromatic N) is 2. The van der Waals surface area contributed by atoms with Crippen LogP contribution in [0.2, 0.25) is 10.0 Å². The quantitative estimate of drug-likeness (QED) is 0.375. The van der Waals surface area contributed by atoms with Gasteiger partial charge in [0, 0.05) is 23.2 Å². The molecule has 1 aliphatic rings. The first-order valence-corrected chi connectivity index (χ1v) is 10.8. The molecule has 0 spiro atoms. The third-order valence-electron chi connectivity index (χ3n) is 5.53. The number of carbonyl (C=O) groups is 1. The molecule has 3 aromatic carbocycles. The number of amides is 1. The van der Waals surface area contributed by atoms with Gasteiger partial charge in [-0.2, -0.15) is 0 Å². The number of pyridine rings is 1. The van der Waals surface area contributed by atoms with Crippen molar-refractivity contribution in [3.63, 3.8) is 0 Å². The van der Waals surface area contributed by atoms with E-state index >= 15 is 0 Å². The summed E-state index contributed by atoms with van der Waals surface area (Å²) in [7, 11) is 0. The van der Waals surface area contributed by atoms with Crippen molar-refractivity contribution in [2.75, 3.05) is 16.8 Å². The predicted octanol–water partition coefficient (Wildman–Crippen LogP) is 6.80. The van der Waals surface area contributed by atoms with Crippen LogP contribution in [0.3, 0.4) is 0 Å². The summed E-state index contributed by atoms with van der Waals surface area (Å²) in [5, 5.41) is 4.76. The number of nitrogens with one attached hydrogen (secondary N) is 1. The fourth-order valence-corrected chi connectivity index (χ4v) is 4.41. The van der Waals surface area contributed by atoms with E-state index in [0.717, 1.165) is 35.4 Å². The Labute approximate surface area is 190 Å². The summed E-state index contributed by atoms with van der Waals surface area (Å²) < 4.78 is 0. The zero-order chi connectivity index (χ0) is 21.5. The van der Waals surface area contributed by atoms with Crippen LogP contribution < -0.4 is 10.2 Å². The Bertz CT molecular complexity index is 1300. The van der Waals surface area contributed by atoms with Crippen molar-refractivity contribution in [2.24, 2.45) is 0 Å². The SMILES string of the molecule is Cc1ccc2cc3c(nc2c1)N(c1ccc(C(=O)Nc2c(Cl)cccc2Cl)cc1)CC3. The first-order valence-electron chi connectivity index (χ1n) is 10.0. The molecule has 1 aromatic heterocycles. The molecule has 0 saturated carbocycles. The van der Waals surface area contributed by atoms with Gasteiger partial charge in [-0.1, -0.05) is 41.4 Å². The van der Waals surface area contributed by atoms with E-state index < -0.39 is 0 Å². The van der Waals surface area contributed by atoms with Gasteiger partial charge in [-0.15, -0.1) is 0 Å². The molecule has 1 aliphatic heterocycles. The zero-order valence-electron chi connectivity index (χ0n) is 16.8. The fraction of sp³-hybridized carbons (Fsp3) is 0.120. The number of para-hydroxylation sites is 1. The van der Waals surface area contributed by atoms with E-state index in [0.29, 0.717) is 21.3 Å². The number of benzene rings is 3. The van der Waals surface area contributed by atoms with Crippen molar-refractivity contribution in [3.05, 3.63) is 93.5 Å². The van der Waals surface area contributed by atoms with E-state index in [9.17, 15) is 4.79 Å². The second-order valence-corrected chi connectivity index (χ2v) is 8.48. The van der Waals surface area contributed by atoms with Crippen LogP contribution >= 0.6 is 23.2 Å². The van der Waals surface area contributed by atoms with Crippen LogP contribution in [0.4, 0.5) is 17.2 Å². The maximum Gasteiger partial charge on any atom is 0.255 e. The average molecular weight is 448 g/mol. The smallest absolute Gasteiger partial charge is 0.255 e. The lowest BCUT2D eigenvalue weighted by Crippen LogP contribution is -2.16. The molecule has 4 aromatic rings. The van der Waals surface area contributed by atoms with Crippen LogP contribution in [0.5, 0.6) is 0 Å². The van der Waals surface area contributed by atoms with E-state index in [1.807, 2.05) is 12.1 Å². The summed E-state index contributed by atoms with van der Waals surface area (Å²) in [5.74, 6) is 0.723. The average Bonchev–Trinajstić information content (AvgIpc) is 3.17. The highest BCUT2D eigenvalue weighted by atomic mass is 35.5. The molecule has 31 heavy (non-hydrogen) atoms. The maximum atomic E-state index is 12.7. The van der Waals surface area contributed by atoms with Gasteiger partial charge < -0.3 is 10.2 Å². The van der Waals surface area contributed by atoms with E-state index in [1.54, 1.807) is 30.3 Å². The maximum absolute atomic E-state index is 12.7. The molecule has 1 N–H and O–H groups in total. The summed E-state index contributed by atoms with van der Waals surface area (Å²) in [5.41, 5.74) is 5.38. The van der Waals surface area contributed by atoms with E-state index in [1.165, 1.54) is 11.1 Å². The molecule has 0 bridgehead atoms. The molecule has 1 amide bonds. The van der Waals surface area contributed by atoms with E-state index in [-0.39, 0.29) is 5.91 Å². The van der Waals surface area contributed by atoms with Crippen molar-refractivity contribution >= 4 is 57.2 Å². The highest BCUT2D eigenvalue weighted by molar-refractivity contribution is 6.40. The molecule has 0 atom stereocenters. The molecule has 2 heterocycles. The lowest BCUT2D eigenvalue weighted by atomic mass is 10.1. The predicted molar refractivity (Wildman–Crippen MR) is 128 cm³/mol. The molecule has 0 unspecified atom stereocenters. The minimum Gasteiger partial charge on any atom is -0.326 e. The van der Waals surface area contributed by atoms with Crippen molar-refractivity contribution in [2.45, 2.75) is 13.3 Å². The van der Waals surface area contributed by atoms with Crippen molar-refractivity contribution in [1.29, 1.82) is 0 Å². The molecule has 0 radical (unpaired) electrons. The molecule has 0 saturated heterocycles. The third-order valence-corrected chi connectivity index (χ3v) is 6.16. The van der Waals surface area contributed by atoms with Crippen LogP contribution in [0, 0.1) is 6.92 Å². The third kappa shape index (κ3) is 3.73. The second-order valence-electron chi connectivity index (χ2n) is 7.67. The van der Waals surface area contributed by atoms with Crippen LogP contribution in [0.15, 0.2) is 66.7 Å². The normalized spacial score (nSPS) is 12.8. The Balaban J connectivity index is 1.41. The topological polar surface area (TPSA) is 45.2 Å². The minimum absolute atomic E-state index is 0.261. The lowest BCUT2D eigenvalue weighted by Gasteiger charge is -2.19. The largest absolute Gasteiger partial charge is 0.326 e. The second kappa shape index (κ2) is 7.88. The summed E-state index contributed by atoms with van der Waals surface area (Å²) in [6.45, 7) is 2.93. The fourth-order valence-electron chi connectivity index (χ4n) is 3.91. The van der Waals surface area contributed by atoms with Crippen LogP contribution in [-0.2, 0) is 6.42 Å². The number of hydrogen-bond acceptors (Lipinski definition) is 3. The lowest BCUT2D eigenvalue weighted by molar-refractivity contribution is 0.102. The van der Waals surface area contributed by atoms with E-state index in [4.69, 9.17) is 28.2 Å². The number of aryl methyl sites for hydroxylation is 1. The Kier molecular flexibility index (Phi) is 5.05. The van der Waals surface area contributed by atoms with Gasteiger partial charge >= 0.3 is 0 Å². The van der Waals surface area contributed by atoms with Crippen molar-refractivity contribution in [1.82, 2.24) is 4.98 Å². The molecule has 154 valence electrons. The number of fused-ring (bicyclic) bond motifs is 2. The van der Waals surface area contributed by atoms with Gasteiger partial charge in [-0.25, -0.2) is 4.98 Å². The number of aromatic nitrogens is 1. The highest BCUT2D eigenvalue weighted by Gasteiger charge is 2.23. The molecule has 5 rings (SSSR count). The number of anilines is 3. The molecule has 0 fully saturated rings. The van der Waals surface area contributed by atoms with Gasteiger partial charge in [0.1, 0.15) is 5.82 Å². The molecular weight excluding hydrogens is 429 g/mol. The van der Waals surface area contributed by atoms with Crippen molar-refractivity contribution in [3.8, 4) is 0 Å². The molecule has 6 heteroatoms. The van der Waals surface area contributed by atoms with Gasteiger partial charge in [-0.05, 0) is 73.0 Å². The minimum atomic E-state index is -0.261. The Morgan fingerprint density at radius 2 is 1.74 bits per heavy atom. The Morgan fingerprint density at radius 3 is 2.48 bits per heavy atom. The number of hydrogen-bond donors (Lipinski definition) is 1. The monoisotopic (exact) mass is 447 g/mol. The van der Waals surface area contributed by atoms with E-state index in [2.05, 4.69) is 41.4 Å². The Morgan fingerprint density at radius 1 is 1.00 bits per heavy atom. The number of carbonyl (C=O) groups excluding carboxylic acids is 1. The van der Waals surface area contributed by atoms with Gasteiger partial charge in [0.05, 0.1) is 21.2 Å². The van der Waals surface area contributed by atoms with Crippen LogP contribution in [-0.4, -0.2) is 17.4 Å². The zero-order valence-corrected chi connectivity index (χ0v) is 18.3. The first kappa shape index (κ1) is 19.9. The summed E-state index contributed by atoms with van der Waals surface area (Å²) in [4.78, 5) is 19.8. The molecular formula is C25H19Cl2N3O. The van der Waals surface area contributed by atoms with Gasteiger partial charge in [0.15, 0.2) is 0 Å². The summed E-state index contributed by atoms with van der Waals surface area (Å²) in [6, 6.07) is 21.2. The molecule has 4 nitrogen and oxygen atoms in total. The Hall–Kier alpha value is -3.08. The standard InChI is InChI=1S/C25H19Cl2N3O/c1-15-5-6-17-14-18-11-12-30(24(18)28-22(17)13-15)19-9-7-16(8-10-19)25(31)29-23-20(26)3-2-4-21(23)27/h2-10,13-14H,11-12H2,1H3,(H,29,31). The van der Waals surface area contributed by atoms with Gasteiger partial charge in [-0.3, -0.25) is 4.79 Å². The van der Waals surface area contributed by atoms with Crippen LogP contribution in [0.1, 0.15) is 21.5 Å². The highest BCUT2D eigenvalue weighted by Crippen LogP contribution is 2.35. The number of rotatable bonds is 3. The summed E-state index contributed by atoms with van der Waals surface area (Å²) in [6.07, 6.45) is 0.944. The first-order chi connectivity index (χ1) is 15.0. The van der Waals surface area contributed by atoms with Crippen LogP contribution in [0.25, 0.3) is 10.9 Å². The molecule has 0 aliphatic carbocycles. The number of halogens is 2. The van der Waals surface area contributed by atoms with Gasteiger partial charge in [0.25, 0.3) is 5.91 Å². The van der Waals surface area contributed by atoms with Gasteiger partial charge in [0.2, 0.25) is 0 Å². The van der Waals surface area contributed by atoms with Crippen molar-refractivity contribution < 1.29 is 4.79 Å².